The fraction of sp³-hybridized carbons (Fsp3) is 0.292. The Bertz CT molecular complexity index is 1020. The van der Waals surface area contributed by atoms with Crippen molar-refractivity contribution >= 4 is 5.97 Å². The minimum absolute atomic E-state index is 0.000695. The van der Waals surface area contributed by atoms with Gasteiger partial charge in [0.05, 0.1) is 13.7 Å². The Morgan fingerprint density at radius 1 is 1.13 bits per heavy atom. The lowest BCUT2D eigenvalue weighted by molar-refractivity contribution is -0.186. The Kier molecular flexibility index (Phi) is 5.86. The number of ether oxygens (including phenoxy) is 5. The molecule has 0 radical (unpaired) electrons. The van der Waals surface area contributed by atoms with Crippen molar-refractivity contribution in [2.45, 2.75) is 25.6 Å². The summed E-state index contributed by atoms with van der Waals surface area (Å²) in [5.74, 6) is -1.05. The summed E-state index contributed by atoms with van der Waals surface area (Å²) in [7, 11) is 1.56. The van der Waals surface area contributed by atoms with Crippen LogP contribution < -0.4 is 9.47 Å². The topological polar surface area (TPSA) is 83.5 Å². The third kappa shape index (κ3) is 4.09. The standard InChI is InChI=1S/C24H24O7/c1-3-11-29-19-6-4-5-16(12-19)13-20-22(21-14-28-15-30-21)23(25)31-24(20,26)17-7-9-18(27-2)10-8-17/h4-10,12,14,26H,3,11,13,15H2,1-2H3. The predicted octanol–water partition coefficient (Wildman–Crippen LogP) is 3.57. The van der Waals surface area contributed by atoms with Crippen LogP contribution in [0.5, 0.6) is 11.5 Å². The number of esters is 1. The van der Waals surface area contributed by atoms with Gasteiger partial charge in [0.25, 0.3) is 5.79 Å². The summed E-state index contributed by atoms with van der Waals surface area (Å²) in [6.07, 6.45) is 2.50. The van der Waals surface area contributed by atoms with Crippen LogP contribution >= 0.6 is 0 Å². The average molecular weight is 424 g/mol. The number of methoxy groups -OCH3 is 1. The van der Waals surface area contributed by atoms with Gasteiger partial charge in [0.2, 0.25) is 6.79 Å². The molecular weight excluding hydrogens is 400 g/mol. The molecule has 0 saturated heterocycles. The molecule has 162 valence electrons. The van der Waals surface area contributed by atoms with Crippen LogP contribution in [0.25, 0.3) is 0 Å². The van der Waals surface area contributed by atoms with Crippen molar-refractivity contribution in [3.8, 4) is 11.5 Å². The maximum Gasteiger partial charge on any atom is 0.345 e. The minimum atomic E-state index is -1.95. The molecule has 2 heterocycles. The first-order valence-electron chi connectivity index (χ1n) is 10.1. The van der Waals surface area contributed by atoms with Gasteiger partial charge in [-0.1, -0.05) is 19.1 Å². The maximum atomic E-state index is 12.8. The molecule has 1 unspecified atom stereocenters. The zero-order chi connectivity index (χ0) is 21.8. The zero-order valence-electron chi connectivity index (χ0n) is 17.4. The molecule has 7 heteroatoms. The molecule has 1 atom stereocenters. The summed E-state index contributed by atoms with van der Waals surface area (Å²) in [4.78, 5) is 12.8. The van der Waals surface area contributed by atoms with Crippen molar-refractivity contribution in [1.82, 2.24) is 0 Å². The Hall–Kier alpha value is -3.45. The summed E-state index contributed by atoms with van der Waals surface area (Å²) in [6, 6.07) is 14.3. The second-order valence-corrected chi connectivity index (χ2v) is 7.20. The van der Waals surface area contributed by atoms with Crippen LogP contribution in [0.4, 0.5) is 0 Å². The molecule has 2 aliphatic rings. The van der Waals surface area contributed by atoms with Gasteiger partial charge >= 0.3 is 5.97 Å². The van der Waals surface area contributed by atoms with Gasteiger partial charge in [-0.15, -0.1) is 0 Å². The monoisotopic (exact) mass is 424 g/mol. The lowest BCUT2D eigenvalue weighted by Gasteiger charge is -2.26. The first-order chi connectivity index (χ1) is 15.0. The van der Waals surface area contributed by atoms with Crippen LogP contribution in [0.1, 0.15) is 24.5 Å². The molecule has 0 aromatic heterocycles. The number of carbonyl (C=O) groups is 1. The number of hydrogen-bond acceptors (Lipinski definition) is 7. The van der Waals surface area contributed by atoms with Crippen molar-refractivity contribution in [2.24, 2.45) is 0 Å². The Balaban J connectivity index is 1.76. The van der Waals surface area contributed by atoms with E-state index in [1.807, 2.05) is 31.2 Å². The zero-order valence-corrected chi connectivity index (χ0v) is 17.4. The third-order valence-electron chi connectivity index (χ3n) is 5.11. The second kappa shape index (κ2) is 8.73. The van der Waals surface area contributed by atoms with Crippen LogP contribution in [-0.4, -0.2) is 31.6 Å². The number of rotatable bonds is 8. The number of hydrogen-bond donors (Lipinski definition) is 1. The summed E-state index contributed by atoms with van der Waals surface area (Å²) in [6.45, 7) is 2.64. The quantitative estimate of drug-likeness (QED) is 0.649. The smallest absolute Gasteiger partial charge is 0.345 e. The van der Waals surface area contributed by atoms with E-state index in [1.165, 1.54) is 6.26 Å². The number of aliphatic hydroxyl groups is 1. The van der Waals surface area contributed by atoms with Crippen LogP contribution in [-0.2, 0) is 31.2 Å². The highest BCUT2D eigenvalue weighted by Gasteiger charge is 2.49. The van der Waals surface area contributed by atoms with E-state index < -0.39 is 11.8 Å². The van der Waals surface area contributed by atoms with E-state index in [4.69, 9.17) is 23.7 Å². The van der Waals surface area contributed by atoms with E-state index in [-0.39, 0.29) is 24.5 Å². The van der Waals surface area contributed by atoms with Gasteiger partial charge in [0.15, 0.2) is 5.76 Å². The van der Waals surface area contributed by atoms with Crippen molar-refractivity contribution in [2.75, 3.05) is 20.5 Å². The van der Waals surface area contributed by atoms with E-state index in [9.17, 15) is 9.90 Å². The highest BCUT2D eigenvalue weighted by atomic mass is 16.7. The second-order valence-electron chi connectivity index (χ2n) is 7.20. The van der Waals surface area contributed by atoms with E-state index in [0.717, 1.165) is 17.7 Å². The van der Waals surface area contributed by atoms with E-state index in [0.29, 0.717) is 23.5 Å². The largest absolute Gasteiger partial charge is 0.497 e. The fourth-order valence-corrected chi connectivity index (χ4v) is 3.59. The molecule has 4 rings (SSSR count). The average Bonchev–Trinajstić information content (AvgIpc) is 3.39. The molecule has 0 bridgehead atoms. The molecule has 0 saturated carbocycles. The Morgan fingerprint density at radius 2 is 1.94 bits per heavy atom. The molecule has 31 heavy (non-hydrogen) atoms. The van der Waals surface area contributed by atoms with E-state index >= 15 is 0 Å². The van der Waals surface area contributed by atoms with Gasteiger partial charge in [0, 0.05) is 17.6 Å². The normalized spacial score (nSPS) is 20.1. The van der Waals surface area contributed by atoms with Crippen molar-refractivity contribution < 1.29 is 33.6 Å². The predicted molar refractivity (Wildman–Crippen MR) is 111 cm³/mol. The van der Waals surface area contributed by atoms with Crippen LogP contribution in [0, 0.1) is 0 Å². The molecule has 0 fully saturated rings. The van der Waals surface area contributed by atoms with Gasteiger partial charge in [0.1, 0.15) is 23.3 Å². The molecular formula is C24H24O7. The molecule has 0 amide bonds. The first kappa shape index (κ1) is 20.8. The summed E-state index contributed by atoms with van der Waals surface area (Å²) in [5, 5.41) is 11.6. The number of cyclic esters (lactones) is 1. The lowest BCUT2D eigenvalue weighted by Crippen LogP contribution is -2.29. The summed E-state index contributed by atoms with van der Waals surface area (Å²) >= 11 is 0. The minimum Gasteiger partial charge on any atom is -0.497 e. The first-order valence-corrected chi connectivity index (χ1v) is 10.1. The third-order valence-corrected chi connectivity index (χ3v) is 5.11. The number of carbonyl (C=O) groups excluding carboxylic acids is 1. The molecule has 2 aromatic carbocycles. The Morgan fingerprint density at radius 3 is 2.61 bits per heavy atom. The van der Waals surface area contributed by atoms with Crippen molar-refractivity contribution in [3.05, 3.63) is 82.8 Å². The summed E-state index contributed by atoms with van der Waals surface area (Å²) < 4.78 is 27.0. The van der Waals surface area contributed by atoms with Crippen LogP contribution in [0.2, 0.25) is 0 Å². The van der Waals surface area contributed by atoms with Gasteiger partial charge in [-0.25, -0.2) is 4.79 Å². The molecule has 1 N–H and O–H groups in total. The summed E-state index contributed by atoms with van der Waals surface area (Å²) in [5.41, 5.74) is 1.79. The van der Waals surface area contributed by atoms with Gasteiger partial charge in [-0.3, -0.25) is 0 Å². The highest BCUT2D eigenvalue weighted by Crippen LogP contribution is 2.44. The maximum absolute atomic E-state index is 12.8. The fourth-order valence-electron chi connectivity index (χ4n) is 3.59. The van der Waals surface area contributed by atoms with Crippen LogP contribution in [0.3, 0.4) is 0 Å². The molecule has 0 spiro atoms. The van der Waals surface area contributed by atoms with E-state index in [1.54, 1.807) is 31.4 Å². The van der Waals surface area contributed by atoms with Gasteiger partial charge in [-0.05, 0) is 48.4 Å². The highest BCUT2D eigenvalue weighted by molar-refractivity contribution is 5.97. The van der Waals surface area contributed by atoms with Crippen LogP contribution in [0.15, 0.2) is 71.7 Å². The van der Waals surface area contributed by atoms with Crippen molar-refractivity contribution in [3.63, 3.8) is 0 Å². The molecule has 0 aliphatic carbocycles. The van der Waals surface area contributed by atoms with E-state index in [2.05, 4.69) is 0 Å². The van der Waals surface area contributed by atoms with Crippen molar-refractivity contribution in [1.29, 1.82) is 0 Å². The molecule has 2 aromatic rings. The lowest BCUT2D eigenvalue weighted by atomic mass is 9.89. The molecule has 2 aliphatic heterocycles. The van der Waals surface area contributed by atoms with Gasteiger partial charge < -0.3 is 28.8 Å². The SMILES string of the molecule is CCCOc1cccc(CC2=C(C3=COCO3)C(=O)OC2(O)c2ccc(OC)cc2)c1. The molecule has 7 nitrogen and oxygen atoms in total. The Labute approximate surface area is 180 Å². The number of benzene rings is 2. The van der Waals surface area contributed by atoms with Gasteiger partial charge in [-0.2, -0.15) is 0 Å².